The molecule has 0 amide bonds. The quantitative estimate of drug-likeness (QED) is 0.735. The summed E-state index contributed by atoms with van der Waals surface area (Å²) in [6, 6.07) is 24.7. The van der Waals surface area contributed by atoms with Gasteiger partial charge in [-0.1, -0.05) is 66.7 Å². The maximum atomic E-state index is 3.67. The molecule has 1 nitrogen and oxygen atoms in total. The Labute approximate surface area is 125 Å². The molecule has 3 aromatic carbocycles. The molecule has 0 aliphatic carbocycles. The highest BCUT2D eigenvalue weighted by Crippen LogP contribution is 2.27. The average molecular weight is 273 g/mol. The van der Waals surface area contributed by atoms with E-state index >= 15 is 0 Å². The van der Waals surface area contributed by atoms with E-state index in [1.165, 1.54) is 27.5 Å². The third kappa shape index (κ3) is 2.45. The first kappa shape index (κ1) is 12.6. The first-order chi connectivity index (χ1) is 10.4. The van der Waals surface area contributed by atoms with E-state index in [-0.39, 0.29) is 0 Å². The third-order valence-corrected chi connectivity index (χ3v) is 4.47. The van der Waals surface area contributed by atoms with Gasteiger partial charge >= 0.3 is 0 Å². The van der Waals surface area contributed by atoms with Gasteiger partial charge in [0, 0.05) is 6.04 Å². The van der Waals surface area contributed by atoms with Crippen LogP contribution < -0.4 is 5.32 Å². The van der Waals surface area contributed by atoms with Crippen molar-refractivity contribution in [1.29, 1.82) is 0 Å². The van der Waals surface area contributed by atoms with Crippen LogP contribution in [0.3, 0.4) is 0 Å². The molecule has 3 aromatic rings. The zero-order valence-corrected chi connectivity index (χ0v) is 12.0. The van der Waals surface area contributed by atoms with Crippen molar-refractivity contribution in [2.24, 2.45) is 0 Å². The Kier molecular flexibility index (Phi) is 3.21. The van der Waals surface area contributed by atoms with Crippen molar-refractivity contribution in [3.8, 4) is 0 Å². The van der Waals surface area contributed by atoms with Crippen molar-refractivity contribution in [2.75, 3.05) is 6.54 Å². The highest BCUT2D eigenvalue weighted by atomic mass is 14.9. The van der Waals surface area contributed by atoms with Gasteiger partial charge in [-0.15, -0.1) is 0 Å². The predicted octanol–water partition coefficient (Wildman–Crippen LogP) is 4.27. The minimum atomic E-state index is 0.441. The summed E-state index contributed by atoms with van der Waals surface area (Å²) in [5.41, 5.74) is 4.38. The van der Waals surface area contributed by atoms with E-state index in [1.807, 2.05) is 0 Å². The van der Waals surface area contributed by atoms with Gasteiger partial charge in [0.05, 0.1) is 0 Å². The fourth-order valence-corrected chi connectivity index (χ4v) is 3.38. The molecule has 1 heterocycles. The first-order valence-corrected chi connectivity index (χ1v) is 7.69. The summed E-state index contributed by atoms with van der Waals surface area (Å²) in [5.74, 6) is 0. The van der Waals surface area contributed by atoms with Crippen molar-refractivity contribution >= 4 is 10.8 Å². The lowest BCUT2D eigenvalue weighted by Crippen LogP contribution is -2.31. The van der Waals surface area contributed by atoms with Gasteiger partial charge in [0.1, 0.15) is 0 Å². The molecule has 1 aliphatic rings. The van der Waals surface area contributed by atoms with Crippen LogP contribution in [-0.4, -0.2) is 6.54 Å². The summed E-state index contributed by atoms with van der Waals surface area (Å²) in [6.07, 6.45) is 2.20. The van der Waals surface area contributed by atoms with Gasteiger partial charge in [0.25, 0.3) is 0 Å². The summed E-state index contributed by atoms with van der Waals surface area (Å²) in [5, 5.41) is 6.32. The van der Waals surface area contributed by atoms with Crippen LogP contribution in [0.25, 0.3) is 10.8 Å². The van der Waals surface area contributed by atoms with Crippen LogP contribution in [0.4, 0.5) is 0 Å². The Balaban J connectivity index is 1.66. The van der Waals surface area contributed by atoms with Crippen molar-refractivity contribution in [3.63, 3.8) is 0 Å². The summed E-state index contributed by atoms with van der Waals surface area (Å²) < 4.78 is 0. The van der Waals surface area contributed by atoms with E-state index in [0.29, 0.717) is 6.04 Å². The molecule has 0 fully saturated rings. The number of rotatable bonds is 2. The van der Waals surface area contributed by atoms with E-state index in [2.05, 4.69) is 72.0 Å². The average Bonchev–Trinajstić information content (AvgIpc) is 2.55. The second-order valence-electron chi connectivity index (χ2n) is 5.84. The molecular weight excluding hydrogens is 254 g/mol. The normalized spacial score (nSPS) is 17.6. The maximum absolute atomic E-state index is 3.67. The van der Waals surface area contributed by atoms with Gasteiger partial charge < -0.3 is 5.32 Å². The monoisotopic (exact) mass is 273 g/mol. The van der Waals surface area contributed by atoms with Gasteiger partial charge in [0.15, 0.2) is 0 Å². The first-order valence-electron chi connectivity index (χ1n) is 7.69. The molecule has 1 unspecified atom stereocenters. The largest absolute Gasteiger partial charge is 0.309 e. The van der Waals surface area contributed by atoms with Gasteiger partial charge in [-0.2, -0.15) is 0 Å². The number of fused-ring (bicyclic) bond motifs is 2. The summed E-state index contributed by atoms with van der Waals surface area (Å²) >= 11 is 0. The lowest BCUT2D eigenvalue weighted by molar-refractivity contribution is 0.503. The van der Waals surface area contributed by atoms with Crippen LogP contribution in [0.15, 0.2) is 66.7 Å². The second-order valence-corrected chi connectivity index (χ2v) is 5.84. The minimum absolute atomic E-state index is 0.441. The van der Waals surface area contributed by atoms with Crippen LogP contribution in [0.5, 0.6) is 0 Å². The van der Waals surface area contributed by atoms with Gasteiger partial charge in [-0.25, -0.2) is 0 Å². The zero-order valence-electron chi connectivity index (χ0n) is 12.0. The summed E-state index contributed by atoms with van der Waals surface area (Å²) in [7, 11) is 0. The lowest BCUT2D eigenvalue weighted by Gasteiger charge is -2.27. The van der Waals surface area contributed by atoms with Crippen LogP contribution in [0.2, 0.25) is 0 Å². The van der Waals surface area contributed by atoms with Crippen LogP contribution in [0.1, 0.15) is 22.7 Å². The molecule has 0 bridgehead atoms. The zero-order chi connectivity index (χ0) is 14.1. The fourth-order valence-electron chi connectivity index (χ4n) is 3.38. The van der Waals surface area contributed by atoms with E-state index in [4.69, 9.17) is 0 Å². The lowest BCUT2D eigenvalue weighted by atomic mass is 9.90. The molecule has 0 spiro atoms. The van der Waals surface area contributed by atoms with Crippen LogP contribution >= 0.6 is 0 Å². The molecule has 4 rings (SSSR count). The molecule has 21 heavy (non-hydrogen) atoms. The Morgan fingerprint density at radius 1 is 0.857 bits per heavy atom. The summed E-state index contributed by atoms with van der Waals surface area (Å²) in [4.78, 5) is 0. The van der Waals surface area contributed by atoms with Crippen molar-refractivity contribution < 1.29 is 0 Å². The molecule has 0 saturated carbocycles. The van der Waals surface area contributed by atoms with Crippen molar-refractivity contribution in [1.82, 2.24) is 5.32 Å². The number of benzene rings is 3. The standard InChI is InChI=1S/C20H19N/c1-2-7-18-13-15(9-10-16(18)5-1)14-20-19-8-4-3-6-17(19)11-12-21-20/h1-10,13,20-21H,11-12,14H2. The highest BCUT2D eigenvalue weighted by molar-refractivity contribution is 5.83. The molecule has 0 aromatic heterocycles. The molecule has 1 heteroatoms. The predicted molar refractivity (Wildman–Crippen MR) is 88.5 cm³/mol. The maximum Gasteiger partial charge on any atom is 0.0363 e. The van der Waals surface area contributed by atoms with Crippen molar-refractivity contribution in [2.45, 2.75) is 18.9 Å². The molecule has 0 saturated heterocycles. The van der Waals surface area contributed by atoms with E-state index < -0.39 is 0 Å². The SMILES string of the molecule is c1ccc2c(c1)CCNC2Cc1ccc2ccccc2c1. The Bertz CT molecular complexity index is 775. The number of hydrogen-bond donors (Lipinski definition) is 1. The Hall–Kier alpha value is -2.12. The van der Waals surface area contributed by atoms with Gasteiger partial charge in [0.2, 0.25) is 0 Å². The van der Waals surface area contributed by atoms with Crippen LogP contribution in [0, 0.1) is 0 Å². The molecule has 104 valence electrons. The second kappa shape index (κ2) is 5.34. The Morgan fingerprint density at radius 3 is 2.62 bits per heavy atom. The van der Waals surface area contributed by atoms with Crippen molar-refractivity contribution in [3.05, 3.63) is 83.4 Å². The van der Waals surface area contributed by atoms with E-state index in [1.54, 1.807) is 0 Å². The third-order valence-electron chi connectivity index (χ3n) is 4.47. The fraction of sp³-hybridized carbons (Fsp3) is 0.200. The molecule has 1 N–H and O–H groups in total. The smallest absolute Gasteiger partial charge is 0.0363 e. The van der Waals surface area contributed by atoms with E-state index in [0.717, 1.165) is 19.4 Å². The topological polar surface area (TPSA) is 12.0 Å². The van der Waals surface area contributed by atoms with Crippen LogP contribution in [-0.2, 0) is 12.8 Å². The summed E-state index contributed by atoms with van der Waals surface area (Å²) in [6.45, 7) is 1.08. The molecule has 1 aliphatic heterocycles. The molecule has 0 radical (unpaired) electrons. The minimum Gasteiger partial charge on any atom is -0.309 e. The molecular formula is C20H19N. The molecule has 1 atom stereocenters. The Morgan fingerprint density at radius 2 is 1.67 bits per heavy atom. The number of hydrogen-bond acceptors (Lipinski definition) is 1. The van der Waals surface area contributed by atoms with Gasteiger partial charge in [-0.3, -0.25) is 0 Å². The highest BCUT2D eigenvalue weighted by Gasteiger charge is 2.19. The number of nitrogens with one attached hydrogen (secondary N) is 1. The van der Waals surface area contributed by atoms with E-state index in [9.17, 15) is 0 Å². The van der Waals surface area contributed by atoms with Gasteiger partial charge in [-0.05, 0) is 46.8 Å².